The highest BCUT2D eigenvalue weighted by molar-refractivity contribution is 6.42. The minimum atomic E-state index is 0.611. The van der Waals surface area contributed by atoms with Crippen LogP contribution in [-0.4, -0.2) is 37.5 Å². The van der Waals surface area contributed by atoms with Crippen molar-refractivity contribution in [1.82, 2.24) is 10.2 Å². The lowest BCUT2D eigenvalue weighted by atomic mass is 10.1. The zero-order valence-electron chi connectivity index (χ0n) is 9.71. The van der Waals surface area contributed by atoms with Crippen LogP contribution in [0.3, 0.4) is 0 Å². The number of halogens is 2. The molecule has 5 heteroatoms. The van der Waals surface area contributed by atoms with E-state index >= 15 is 0 Å². The van der Waals surface area contributed by atoms with Gasteiger partial charge in [-0.05, 0) is 18.1 Å². The molecular formula is C12H15Cl2N3. The Labute approximate surface area is 111 Å². The van der Waals surface area contributed by atoms with Crippen LogP contribution >= 0.6 is 23.2 Å². The Morgan fingerprint density at radius 3 is 2.94 bits per heavy atom. The lowest BCUT2D eigenvalue weighted by Gasteiger charge is -2.15. The molecule has 0 bridgehead atoms. The van der Waals surface area contributed by atoms with Gasteiger partial charge >= 0.3 is 0 Å². The van der Waals surface area contributed by atoms with Gasteiger partial charge < -0.3 is 10.2 Å². The molecule has 0 saturated carbocycles. The zero-order chi connectivity index (χ0) is 12.3. The molecule has 0 atom stereocenters. The molecule has 92 valence electrons. The summed E-state index contributed by atoms with van der Waals surface area (Å²) < 4.78 is 0. The van der Waals surface area contributed by atoms with Crippen LogP contribution in [0.25, 0.3) is 0 Å². The lowest BCUT2D eigenvalue weighted by molar-refractivity contribution is 0.534. The largest absolute Gasteiger partial charge is 0.356 e. The Bertz CT molecular complexity index is 432. The van der Waals surface area contributed by atoms with Crippen LogP contribution in [0, 0.1) is 0 Å². The highest BCUT2D eigenvalue weighted by Crippen LogP contribution is 2.25. The maximum atomic E-state index is 6.12. The highest BCUT2D eigenvalue weighted by atomic mass is 35.5. The maximum Gasteiger partial charge on any atom is 0.193 e. The molecule has 2 rings (SSSR count). The standard InChI is InChI=1S/C12H15Cl2N3/c1-17-8-7-16-12(17)15-6-5-9-3-2-4-10(13)11(9)14/h2-4H,5-8H2,1H3,(H,15,16). The van der Waals surface area contributed by atoms with Crippen LogP contribution in [-0.2, 0) is 6.42 Å². The van der Waals surface area contributed by atoms with Crippen molar-refractivity contribution in [3.05, 3.63) is 33.8 Å². The Balaban J connectivity index is 1.88. The minimum Gasteiger partial charge on any atom is -0.356 e. The smallest absolute Gasteiger partial charge is 0.193 e. The van der Waals surface area contributed by atoms with Crippen molar-refractivity contribution in [2.45, 2.75) is 6.42 Å². The topological polar surface area (TPSA) is 27.6 Å². The van der Waals surface area contributed by atoms with Gasteiger partial charge in [-0.1, -0.05) is 35.3 Å². The Morgan fingerprint density at radius 1 is 1.41 bits per heavy atom. The molecule has 17 heavy (non-hydrogen) atoms. The van der Waals surface area contributed by atoms with Crippen molar-refractivity contribution in [1.29, 1.82) is 0 Å². The number of hydrogen-bond donors (Lipinski definition) is 1. The first-order valence-corrected chi connectivity index (χ1v) is 6.36. The number of benzene rings is 1. The van der Waals surface area contributed by atoms with Crippen LogP contribution in [0.1, 0.15) is 5.56 Å². The monoisotopic (exact) mass is 271 g/mol. The van der Waals surface area contributed by atoms with Crippen LogP contribution in [0.15, 0.2) is 23.2 Å². The summed E-state index contributed by atoms with van der Waals surface area (Å²) in [5, 5.41) is 4.56. The summed E-state index contributed by atoms with van der Waals surface area (Å²) in [5.74, 6) is 0.961. The van der Waals surface area contributed by atoms with Crippen molar-refractivity contribution >= 4 is 29.2 Å². The van der Waals surface area contributed by atoms with E-state index in [-0.39, 0.29) is 0 Å². The van der Waals surface area contributed by atoms with Crippen molar-refractivity contribution in [3.8, 4) is 0 Å². The van der Waals surface area contributed by atoms with Crippen molar-refractivity contribution in [2.75, 3.05) is 26.7 Å². The molecular weight excluding hydrogens is 257 g/mol. The molecule has 0 amide bonds. The second kappa shape index (κ2) is 5.61. The van der Waals surface area contributed by atoms with Crippen LogP contribution in [0.5, 0.6) is 0 Å². The van der Waals surface area contributed by atoms with Crippen LogP contribution in [0.4, 0.5) is 0 Å². The van der Waals surface area contributed by atoms with Gasteiger partial charge in [0.15, 0.2) is 5.96 Å². The van der Waals surface area contributed by atoms with E-state index in [9.17, 15) is 0 Å². The number of hydrogen-bond acceptors (Lipinski definition) is 3. The summed E-state index contributed by atoms with van der Waals surface area (Å²) >= 11 is 12.1. The van der Waals surface area contributed by atoms with Gasteiger partial charge in [0.2, 0.25) is 0 Å². The molecule has 1 aromatic carbocycles. The quantitative estimate of drug-likeness (QED) is 0.915. The predicted molar refractivity (Wildman–Crippen MR) is 73.1 cm³/mol. The molecule has 0 aromatic heterocycles. The Hall–Kier alpha value is -0.930. The SMILES string of the molecule is CN1CCN=C1NCCc1cccc(Cl)c1Cl. The average molecular weight is 272 g/mol. The lowest BCUT2D eigenvalue weighted by Crippen LogP contribution is -2.36. The van der Waals surface area contributed by atoms with E-state index in [4.69, 9.17) is 23.2 Å². The van der Waals surface area contributed by atoms with E-state index in [1.165, 1.54) is 0 Å². The number of likely N-dealkylation sites (N-methyl/N-ethyl adjacent to an activating group) is 1. The van der Waals surface area contributed by atoms with Crippen molar-refractivity contribution < 1.29 is 0 Å². The second-order valence-electron chi connectivity index (χ2n) is 4.02. The minimum absolute atomic E-state index is 0.611. The third-order valence-electron chi connectivity index (χ3n) is 2.77. The number of rotatable bonds is 3. The van der Waals surface area contributed by atoms with E-state index in [1.807, 2.05) is 19.2 Å². The van der Waals surface area contributed by atoms with Gasteiger partial charge in [0, 0.05) is 20.1 Å². The van der Waals surface area contributed by atoms with Crippen LogP contribution in [0.2, 0.25) is 10.0 Å². The molecule has 0 saturated heterocycles. The van der Waals surface area contributed by atoms with Crippen LogP contribution < -0.4 is 5.32 Å². The number of guanidine groups is 1. The highest BCUT2D eigenvalue weighted by Gasteiger charge is 2.11. The summed E-state index contributed by atoms with van der Waals surface area (Å²) in [6.07, 6.45) is 0.840. The van der Waals surface area contributed by atoms with Gasteiger partial charge in [-0.2, -0.15) is 0 Å². The summed E-state index contributed by atoms with van der Waals surface area (Å²) in [6.45, 7) is 2.67. The average Bonchev–Trinajstić information content (AvgIpc) is 2.71. The summed E-state index contributed by atoms with van der Waals surface area (Å²) in [4.78, 5) is 6.47. The molecule has 0 spiro atoms. The molecule has 1 N–H and O–H groups in total. The zero-order valence-corrected chi connectivity index (χ0v) is 11.2. The first kappa shape index (κ1) is 12.5. The number of nitrogens with one attached hydrogen (secondary N) is 1. The third-order valence-corrected chi connectivity index (χ3v) is 3.63. The first-order chi connectivity index (χ1) is 8.18. The van der Waals surface area contributed by atoms with Gasteiger partial charge in [-0.3, -0.25) is 4.99 Å². The molecule has 0 radical (unpaired) electrons. The number of nitrogens with zero attached hydrogens (tertiary/aromatic N) is 2. The van der Waals surface area contributed by atoms with Crippen molar-refractivity contribution in [3.63, 3.8) is 0 Å². The molecule has 1 aliphatic heterocycles. The maximum absolute atomic E-state index is 6.12. The summed E-state index contributed by atoms with van der Waals surface area (Å²) in [5.41, 5.74) is 1.06. The van der Waals surface area contributed by atoms with Crippen molar-refractivity contribution in [2.24, 2.45) is 4.99 Å². The Morgan fingerprint density at radius 2 is 2.24 bits per heavy atom. The fraction of sp³-hybridized carbons (Fsp3) is 0.417. The molecule has 0 aliphatic carbocycles. The van der Waals surface area contributed by atoms with Gasteiger partial charge in [0.1, 0.15) is 0 Å². The second-order valence-corrected chi connectivity index (χ2v) is 4.80. The predicted octanol–water partition coefficient (Wildman–Crippen LogP) is 2.43. The summed E-state index contributed by atoms with van der Waals surface area (Å²) in [7, 11) is 2.03. The molecule has 1 aromatic rings. The van der Waals surface area contributed by atoms with Gasteiger partial charge in [0.05, 0.1) is 16.6 Å². The van der Waals surface area contributed by atoms with Gasteiger partial charge in [-0.15, -0.1) is 0 Å². The van der Waals surface area contributed by atoms with E-state index in [0.29, 0.717) is 10.0 Å². The number of aliphatic imine (C=N–C) groups is 1. The normalized spacial score (nSPS) is 15.0. The first-order valence-electron chi connectivity index (χ1n) is 5.61. The fourth-order valence-electron chi connectivity index (χ4n) is 1.77. The third kappa shape index (κ3) is 3.05. The molecule has 0 fully saturated rings. The Kier molecular flexibility index (Phi) is 4.13. The van der Waals surface area contributed by atoms with Gasteiger partial charge in [0.25, 0.3) is 0 Å². The van der Waals surface area contributed by atoms with Gasteiger partial charge in [-0.25, -0.2) is 0 Å². The van der Waals surface area contributed by atoms with E-state index in [2.05, 4.69) is 15.2 Å². The molecule has 3 nitrogen and oxygen atoms in total. The molecule has 0 unspecified atom stereocenters. The fourth-order valence-corrected chi connectivity index (χ4v) is 2.19. The molecule has 1 aliphatic rings. The summed E-state index contributed by atoms with van der Waals surface area (Å²) in [6, 6.07) is 5.72. The van der Waals surface area contributed by atoms with E-state index in [0.717, 1.165) is 37.6 Å². The van der Waals surface area contributed by atoms with E-state index in [1.54, 1.807) is 6.07 Å². The van der Waals surface area contributed by atoms with E-state index < -0.39 is 0 Å². The molecule has 1 heterocycles.